The van der Waals surface area contributed by atoms with Crippen LogP contribution in [0, 0.1) is 21.7 Å². The molecule has 0 saturated carbocycles. The summed E-state index contributed by atoms with van der Waals surface area (Å²) in [5.41, 5.74) is 2.00. The third-order valence-electron chi connectivity index (χ3n) is 1.82. The quantitative estimate of drug-likeness (QED) is 0.359. The van der Waals surface area contributed by atoms with Crippen LogP contribution in [0.25, 0.3) is 0 Å². The van der Waals surface area contributed by atoms with Gasteiger partial charge >= 0.3 is 0 Å². The van der Waals surface area contributed by atoms with Gasteiger partial charge in [-0.05, 0) is 40.9 Å². The topological polar surface area (TPSA) is 27.7 Å². The maximum absolute atomic E-state index is 5.07. The highest BCUT2D eigenvalue weighted by Gasteiger charge is 1.97. The van der Waals surface area contributed by atoms with Crippen LogP contribution in [-0.4, -0.2) is 39.6 Å². The summed E-state index contributed by atoms with van der Waals surface area (Å²) < 4.78 is 15.0. The first-order valence-electron chi connectivity index (χ1n) is 12.7. The van der Waals surface area contributed by atoms with Crippen LogP contribution in [0.4, 0.5) is 0 Å². The highest BCUT2D eigenvalue weighted by molar-refractivity contribution is 4.49. The maximum Gasteiger partial charge on any atom is 0.0701 e. The van der Waals surface area contributed by atoms with Crippen molar-refractivity contribution >= 4 is 0 Å². The van der Waals surface area contributed by atoms with E-state index in [0.29, 0.717) is 21.7 Å². The Kier molecular flexibility index (Phi) is 26.2. The van der Waals surface area contributed by atoms with Gasteiger partial charge in [0.15, 0.2) is 0 Å². The summed E-state index contributed by atoms with van der Waals surface area (Å²) in [5.74, 6) is 0. The Bertz CT molecular complexity index is 234. The Labute approximate surface area is 205 Å². The molecule has 0 aromatic rings. The Morgan fingerprint density at radius 2 is 0.438 bits per heavy atom. The van der Waals surface area contributed by atoms with Crippen molar-refractivity contribution in [2.45, 2.75) is 130 Å². The molecule has 2 aliphatic rings. The Hall–Kier alpha value is -0.120. The lowest BCUT2D eigenvalue weighted by Gasteiger charge is -2.09. The Morgan fingerprint density at radius 1 is 0.281 bits per heavy atom. The zero-order valence-electron chi connectivity index (χ0n) is 25.6. The largest absolute Gasteiger partial charge is 0.381 e. The second-order valence-corrected chi connectivity index (χ2v) is 14.9. The van der Waals surface area contributed by atoms with Crippen molar-refractivity contribution in [2.24, 2.45) is 21.7 Å². The fourth-order valence-corrected chi connectivity index (χ4v) is 1.13. The molecular weight excluding hydrogens is 396 g/mol. The average molecular weight is 463 g/mol. The van der Waals surface area contributed by atoms with Crippen LogP contribution < -0.4 is 0 Å². The maximum atomic E-state index is 5.07. The van der Waals surface area contributed by atoms with Gasteiger partial charge < -0.3 is 14.2 Å². The third kappa shape index (κ3) is 177. The van der Waals surface area contributed by atoms with E-state index in [4.69, 9.17) is 14.2 Å². The molecule has 0 atom stereocenters. The summed E-state index contributed by atoms with van der Waals surface area (Å²) in [6.45, 7) is 40.1. The predicted molar refractivity (Wildman–Crippen MR) is 147 cm³/mol. The Morgan fingerprint density at radius 3 is 0.500 bits per heavy atom. The van der Waals surface area contributed by atoms with E-state index in [-0.39, 0.29) is 0 Å². The molecule has 0 aliphatic carbocycles. The molecule has 0 radical (unpaired) electrons. The van der Waals surface area contributed by atoms with Crippen molar-refractivity contribution in [1.29, 1.82) is 0 Å². The van der Waals surface area contributed by atoms with Crippen molar-refractivity contribution in [1.82, 2.24) is 0 Å². The summed E-state index contributed by atoms with van der Waals surface area (Å²) in [6, 6.07) is 0. The first kappa shape index (κ1) is 39.1. The number of rotatable bonds is 0. The number of hydrogen-bond donors (Lipinski definition) is 0. The second kappa shape index (κ2) is 21.4. The lowest BCUT2D eigenvalue weighted by atomic mass is 10.0. The third-order valence-corrected chi connectivity index (χ3v) is 1.82. The van der Waals surface area contributed by atoms with Gasteiger partial charge in [-0.3, -0.25) is 0 Å². The van der Waals surface area contributed by atoms with Gasteiger partial charge in [0.25, 0.3) is 0 Å². The zero-order chi connectivity index (χ0) is 26.5. The highest BCUT2D eigenvalue weighted by atomic mass is 16.6. The molecule has 3 heteroatoms. The van der Waals surface area contributed by atoms with E-state index in [1.807, 2.05) is 0 Å². The molecule has 2 aliphatic heterocycles. The molecule has 3 nitrogen and oxygen atoms in total. The van der Waals surface area contributed by atoms with Crippen molar-refractivity contribution in [3.63, 3.8) is 0 Å². The lowest BCUT2D eigenvalue weighted by Crippen LogP contribution is -2.16. The standard InChI is InChI=1S/C5H10O.4C5H12.C4H8O2/c1-2-4-6-5-3-1;4*1-5(2,3)4;1-2-6-4-3-5-1/h1-5H2;4*1-4H3;1-4H2. The van der Waals surface area contributed by atoms with E-state index in [2.05, 4.69) is 111 Å². The van der Waals surface area contributed by atoms with Crippen LogP contribution in [0.5, 0.6) is 0 Å². The smallest absolute Gasteiger partial charge is 0.0701 e. The van der Waals surface area contributed by atoms with Crippen LogP contribution in [0.3, 0.4) is 0 Å². The summed E-state index contributed by atoms with van der Waals surface area (Å²) in [6.07, 6.45) is 3.93. The monoisotopic (exact) mass is 463 g/mol. The van der Waals surface area contributed by atoms with Crippen molar-refractivity contribution in [3.8, 4) is 0 Å². The first-order valence-corrected chi connectivity index (χ1v) is 12.7. The normalized spacial score (nSPS) is 16.5. The molecule has 0 aromatic heterocycles. The molecule has 2 fully saturated rings. The SMILES string of the molecule is C1CCOCC1.C1COCCO1.CC(C)(C)C.CC(C)(C)C.CC(C)(C)C.CC(C)(C)C. The molecule has 2 heterocycles. The van der Waals surface area contributed by atoms with Gasteiger partial charge in [0.2, 0.25) is 0 Å². The molecule has 0 amide bonds. The van der Waals surface area contributed by atoms with Crippen molar-refractivity contribution < 1.29 is 14.2 Å². The van der Waals surface area contributed by atoms with E-state index < -0.39 is 0 Å². The molecule has 0 aromatic carbocycles. The fourth-order valence-electron chi connectivity index (χ4n) is 1.13. The van der Waals surface area contributed by atoms with E-state index in [1.165, 1.54) is 19.3 Å². The summed E-state index contributed by atoms with van der Waals surface area (Å²) in [7, 11) is 0. The summed E-state index contributed by atoms with van der Waals surface area (Å²) >= 11 is 0. The predicted octanol–water partition coefficient (Wildman–Crippen LogP) is 9.43. The van der Waals surface area contributed by atoms with Crippen LogP contribution >= 0.6 is 0 Å². The minimum absolute atomic E-state index is 0.500. The van der Waals surface area contributed by atoms with Gasteiger partial charge in [0.05, 0.1) is 26.4 Å². The lowest BCUT2D eigenvalue weighted by molar-refractivity contribution is -0.0334. The van der Waals surface area contributed by atoms with Crippen molar-refractivity contribution in [2.75, 3.05) is 39.6 Å². The van der Waals surface area contributed by atoms with Gasteiger partial charge in [0, 0.05) is 13.2 Å². The Balaban J connectivity index is -0.000000148. The van der Waals surface area contributed by atoms with Crippen LogP contribution in [0.2, 0.25) is 0 Å². The highest BCUT2D eigenvalue weighted by Crippen LogP contribution is 2.09. The van der Waals surface area contributed by atoms with E-state index in [9.17, 15) is 0 Å². The molecular formula is C29H66O3. The van der Waals surface area contributed by atoms with Gasteiger partial charge in [-0.1, -0.05) is 111 Å². The number of ether oxygens (including phenoxy) is 3. The molecule has 0 unspecified atom stereocenters. The molecule has 2 saturated heterocycles. The molecule has 32 heavy (non-hydrogen) atoms. The minimum Gasteiger partial charge on any atom is -0.381 e. The second-order valence-electron chi connectivity index (χ2n) is 14.9. The van der Waals surface area contributed by atoms with Gasteiger partial charge in [-0.2, -0.15) is 0 Å². The van der Waals surface area contributed by atoms with E-state index >= 15 is 0 Å². The first-order chi connectivity index (χ1) is 14.0. The number of hydrogen-bond acceptors (Lipinski definition) is 3. The van der Waals surface area contributed by atoms with Gasteiger partial charge in [-0.25, -0.2) is 0 Å². The van der Waals surface area contributed by atoms with E-state index in [0.717, 1.165) is 39.6 Å². The average Bonchev–Trinajstić information content (AvgIpc) is 2.52. The van der Waals surface area contributed by atoms with Crippen LogP contribution in [0.1, 0.15) is 130 Å². The van der Waals surface area contributed by atoms with Gasteiger partial charge in [-0.15, -0.1) is 0 Å². The van der Waals surface area contributed by atoms with Gasteiger partial charge in [0.1, 0.15) is 0 Å². The molecule has 0 N–H and O–H groups in total. The molecule has 0 bridgehead atoms. The zero-order valence-corrected chi connectivity index (χ0v) is 25.6. The fraction of sp³-hybridized carbons (Fsp3) is 1.00. The minimum atomic E-state index is 0.500. The molecule has 2 rings (SSSR count). The van der Waals surface area contributed by atoms with E-state index in [1.54, 1.807) is 0 Å². The van der Waals surface area contributed by atoms with Crippen LogP contribution in [0.15, 0.2) is 0 Å². The van der Waals surface area contributed by atoms with Crippen LogP contribution in [-0.2, 0) is 14.2 Å². The summed E-state index contributed by atoms with van der Waals surface area (Å²) in [4.78, 5) is 0. The summed E-state index contributed by atoms with van der Waals surface area (Å²) in [5, 5.41) is 0. The molecule has 200 valence electrons. The van der Waals surface area contributed by atoms with Crippen molar-refractivity contribution in [3.05, 3.63) is 0 Å². The molecule has 0 spiro atoms.